The Morgan fingerprint density at radius 2 is 1.91 bits per heavy atom. The molecular formula is C21H24ClF3N2O4S. The van der Waals surface area contributed by atoms with Crippen molar-refractivity contribution >= 4 is 33.2 Å². The van der Waals surface area contributed by atoms with Crippen LogP contribution in [0.4, 0.5) is 18.9 Å². The van der Waals surface area contributed by atoms with Gasteiger partial charge in [-0.25, -0.2) is 8.42 Å². The second-order valence-corrected chi connectivity index (χ2v) is 9.46. The van der Waals surface area contributed by atoms with Crippen LogP contribution in [0.3, 0.4) is 0 Å². The maximum absolute atomic E-state index is 13.4. The predicted molar refractivity (Wildman–Crippen MR) is 118 cm³/mol. The lowest BCUT2D eigenvalue weighted by Gasteiger charge is -2.25. The molecule has 0 saturated carbocycles. The lowest BCUT2D eigenvalue weighted by molar-refractivity contribution is -0.137. The summed E-state index contributed by atoms with van der Waals surface area (Å²) in [6, 6.07) is 10.3. The highest BCUT2D eigenvalue weighted by Gasteiger charge is 2.36. The zero-order chi connectivity index (χ0) is 23.9. The van der Waals surface area contributed by atoms with Crippen LogP contribution in [-0.2, 0) is 21.0 Å². The molecule has 0 aromatic heterocycles. The van der Waals surface area contributed by atoms with E-state index in [9.17, 15) is 26.4 Å². The molecular weight excluding hydrogens is 469 g/mol. The van der Waals surface area contributed by atoms with Gasteiger partial charge in [-0.2, -0.15) is 13.2 Å². The minimum Gasteiger partial charge on any atom is -0.492 e. The van der Waals surface area contributed by atoms with Crippen molar-refractivity contribution in [3.05, 3.63) is 58.6 Å². The van der Waals surface area contributed by atoms with E-state index >= 15 is 0 Å². The van der Waals surface area contributed by atoms with Crippen LogP contribution in [0, 0.1) is 6.92 Å². The molecule has 2 aromatic rings. The van der Waals surface area contributed by atoms with E-state index in [1.54, 1.807) is 6.07 Å². The molecule has 2 aromatic carbocycles. The van der Waals surface area contributed by atoms with Gasteiger partial charge in [0.1, 0.15) is 12.4 Å². The lowest BCUT2D eigenvalue weighted by Crippen LogP contribution is -2.34. The summed E-state index contributed by atoms with van der Waals surface area (Å²) in [6.07, 6.45) is -4.02. The molecule has 0 unspecified atom stereocenters. The molecule has 0 fully saturated rings. The number of anilines is 1. The van der Waals surface area contributed by atoms with Gasteiger partial charge in [-0.15, -0.1) is 0 Å². The van der Waals surface area contributed by atoms with Gasteiger partial charge in [-0.1, -0.05) is 23.7 Å². The summed E-state index contributed by atoms with van der Waals surface area (Å²) in [5, 5.41) is 2.47. The molecule has 0 saturated heterocycles. The minimum atomic E-state index is -4.79. The maximum atomic E-state index is 13.4. The lowest BCUT2D eigenvalue weighted by atomic mass is 10.1. The number of hydrogen-bond donors (Lipinski definition) is 1. The highest BCUT2D eigenvalue weighted by Crippen LogP contribution is 2.39. The van der Waals surface area contributed by atoms with Crippen LogP contribution in [0.1, 0.15) is 24.0 Å². The number of carbonyl (C=O) groups excluding carboxylic acids is 1. The van der Waals surface area contributed by atoms with Crippen molar-refractivity contribution in [3.8, 4) is 5.75 Å². The van der Waals surface area contributed by atoms with Crippen LogP contribution in [0.15, 0.2) is 42.5 Å². The Morgan fingerprint density at radius 3 is 2.53 bits per heavy atom. The van der Waals surface area contributed by atoms with E-state index in [-0.39, 0.29) is 43.5 Å². The van der Waals surface area contributed by atoms with Crippen molar-refractivity contribution in [3.63, 3.8) is 0 Å². The fourth-order valence-corrected chi connectivity index (χ4v) is 4.10. The quantitative estimate of drug-likeness (QED) is 0.498. The summed E-state index contributed by atoms with van der Waals surface area (Å²) in [5.41, 5.74) is -0.652. The van der Waals surface area contributed by atoms with Gasteiger partial charge in [-0.05, 0) is 49.2 Å². The van der Waals surface area contributed by atoms with E-state index in [2.05, 4.69) is 5.32 Å². The van der Waals surface area contributed by atoms with E-state index in [0.717, 1.165) is 17.9 Å². The number of aryl methyl sites for hydroxylation is 1. The van der Waals surface area contributed by atoms with Gasteiger partial charge < -0.3 is 10.1 Å². The number of benzene rings is 2. The molecule has 1 amide bonds. The summed E-state index contributed by atoms with van der Waals surface area (Å²) in [7, 11) is -4.03. The Labute approximate surface area is 190 Å². The van der Waals surface area contributed by atoms with Crippen LogP contribution in [0.25, 0.3) is 0 Å². The van der Waals surface area contributed by atoms with E-state index in [0.29, 0.717) is 16.1 Å². The van der Waals surface area contributed by atoms with Crippen LogP contribution >= 0.6 is 11.6 Å². The van der Waals surface area contributed by atoms with E-state index in [1.165, 1.54) is 6.07 Å². The number of sulfonamides is 1. The van der Waals surface area contributed by atoms with Gasteiger partial charge in [-0.3, -0.25) is 9.10 Å². The normalized spacial score (nSPS) is 11.8. The maximum Gasteiger partial charge on any atom is 0.418 e. The molecule has 2 rings (SSSR count). The second kappa shape index (κ2) is 10.9. The van der Waals surface area contributed by atoms with Crippen molar-refractivity contribution in [2.75, 3.05) is 30.3 Å². The summed E-state index contributed by atoms with van der Waals surface area (Å²) in [6.45, 7) is 2.11. The second-order valence-electron chi connectivity index (χ2n) is 7.11. The molecule has 0 atom stereocenters. The fraction of sp³-hybridized carbons (Fsp3) is 0.381. The molecule has 11 heteroatoms. The Morgan fingerprint density at radius 1 is 1.19 bits per heavy atom. The van der Waals surface area contributed by atoms with E-state index in [1.807, 2.05) is 25.1 Å². The van der Waals surface area contributed by atoms with Crippen LogP contribution in [0.5, 0.6) is 5.75 Å². The Hall–Kier alpha value is -2.46. The number of carbonyl (C=O) groups is 1. The molecule has 176 valence electrons. The third-order valence-corrected chi connectivity index (χ3v) is 5.80. The van der Waals surface area contributed by atoms with Crippen molar-refractivity contribution in [1.29, 1.82) is 0 Å². The third-order valence-electron chi connectivity index (χ3n) is 4.38. The van der Waals surface area contributed by atoms with Crippen LogP contribution in [0.2, 0.25) is 5.02 Å². The van der Waals surface area contributed by atoms with Gasteiger partial charge in [0.2, 0.25) is 15.9 Å². The molecule has 6 nitrogen and oxygen atoms in total. The molecule has 1 N–H and O–H groups in total. The van der Waals surface area contributed by atoms with Crippen molar-refractivity contribution in [1.82, 2.24) is 5.32 Å². The van der Waals surface area contributed by atoms with Crippen molar-refractivity contribution in [2.45, 2.75) is 25.9 Å². The summed E-state index contributed by atoms with van der Waals surface area (Å²) in [5.74, 6) is 0.310. The fourth-order valence-electron chi connectivity index (χ4n) is 2.95. The topological polar surface area (TPSA) is 75.7 Å². The SMILES string of the molecule is Cc1cccc(OCCNC(=O)CCCN(c2ccc(Cl)cc2C(F)(F)F)S(C)(=O)=O)c1. The molecule has 0 bridgehead atoms. The smallest absolute Gasteiger partial charge is 0.418 e. The first-order valence-electron chi connectivity index (χ1n) is 9.68. The molecule has 0 heterocycles. The minimum absolute atomic E-state index is 0.0254. The predicted octanol–water partition coefficient (Wildman–Crippen LogP) is 4.41. The number of alkyl halides is 3. The largest absolute Gasteiger partial charge is 0.492 e. The van der Waals surface area contributed by atoms with Gasteiger partial charge in [0.15, 0.2) is 0 Å². The van der Waals surface area contributed by atoms with Gasteiger partial charge >= 0.3 is 6.18 Å². The van der Waals surface area contributed by atoms with Crippen LogP contribution < -0.4 is 14.4 Å². The number of halogens is 4. The number of amides is 1. The third kappa shape index (κ3) is 7.90. The van der Waals surface area contributed by atoms with Gasteiger partial charge in [0, 0.05) is 18.0 Å². The average molecular weight is 493 g/mol. The summed E-state index contributed by atoms with van der Waals surface area (Å²) in [4.78, 5) is 12.0. The summed E-state index contributed by atoms with van der Waals surface area (Å²) < 4.78 is 70.6. The summed E-state index contributed by atoms with van der Waals surface area (Å²) >= 11 is 5.66. The molecule has 0 aliphatic heterocycles. The zero-order valence-electron chi connectivity index (χ0n) is 17.6. The van der Waals surface area contributed by atoms with Crippen molar-refractivity contribution in [2.24, 2.45) is 0 Å². The average Bonchev–Trinajstić information content (AvgIpc) is 2.67. The number of hydrogen-bond acceptors (Lipinski definition) is 4. The Balaban J connectivity index is 1.92. The molecule has 0 radical (unpaired) electrons. The standard InChI is InChI=1S/C21H24ClF3N2O4S/c1-15-5-3-6-17(13-15)31-12-10-26-20(28)7-4-11-27(32(2,29)30)19-9-8-16(22)14-18(19)21(23,24)25/h3,5-6,8-9,13-14H,4,7,10-12H2,1-2H3,(H,26,28). The Kier molecular flexibility index (Phi) is 8.80. The van der Waals surface area contributed by atoms with Gasteiger partial charge in [0.25, 0.3) is 0 Å². The zero-order valence-corrected chi connectivity index (χ0v) is 19.1. The number of nitrogens with zero attached hydrogens (tertiary/aromatic N) is 1. The van der Waals surface area contributed by atoms with E-state index < -0.39 is 27.5 Å². The molecule has 0 aliphatic rings. The van der Waals surface area contributed by atoms with Crippen molar-refractivity contribution < 1.29 is 31.1 Å². The molecule has 32 heavy (non-hydrogen) atoms. The molecule has 0 spiro atoms. The van der Waals surface area contributed by atoms with Gasteiger partial charge in [0.05, 0.1) is 24.1 Å². The van der Waals surface area contributed by atoms with Crippen LogP contribution in [-0.4, -0.2) is 40.3 Å². The number of nitrogens with one attached hydrogen (secondary N) is 1. The number of rotatable bonds is 10. The molecule has 0 aliphatic carbocycles. The first kappa shape index (κ1) is 25.8. The highest BCUT2D eigenvalue weighted by atomic mass is 35.5. The first-order valence-corrected chi connectivity index (χ1v) is 11.9. The number of ether oxygens (including phenoxy) is 1. The first-order chi connectivity index (χ1) is 14.9. The highest BCUT2D eigenvalue weighted by molar-refractivity contribution is 7.92. The monoisotopic (exact) mass is 492 g/mol. The Bertz CT molecular complexity index is 1050. The van der Waals surface area contributed by atoms with E-state index in [4.69, 9.17) is 16.3 Å².